The lowest BCUT2D eigenvalue weighted by molar-refractivity contribution is -0.268. The maximum atomic E-state index is 13.2. The van der Waals surface area contributed by atoms with E-state index in [0.29, 0.717) is 5.56 Å². The van der Waals surface area contributed by atoms with E-state index in [2.05, 4.69) is 0 Å². The van der Waals surface area contributed by atoms with Crippen LogP contribution in [0.1, 0.15) is 6.92 Å². The number of phenols is 3. The predicted molar refractivity (Wildman–Crippen MR) is 106 cm³/mol. The topological polar surface area (TPSA) is 170 Å². The van der Waals surface area contributed by atoms with Crippen LogP contribution in [0.15, 0.2) is 45.6 Å². The number of phenolic OH excluding ortho intramolecular Hbond substituents is 3. The van der Waals surface area contributed by atoms with Crippen LogP contribution in [-0.2, 0) is 4.74 Å². The van der Waals surface area contributed by atoms with Crippen LogP contribution in [0.2, 0.25) is 0 Å². The van der Waals surface area contributed by atoms with Gasteiger partial charge in [-0.2, -0.15) is 0 Å². The average molecular weight is 432 g/mol. The Morgan fingerprint density at radius 2 is 1.58 bits per heavy atom. The van der Waals surface area contributed by atoms with Crippen LogP contribution in [-0.4, -0.2) is 61.3 Å². The van der Waals surface area contributed by atoms with Gasteiger partial charge in [0.05, 0.1) is 6.10 Å². The van der Waals surface area contributed by atoms with Crippen LogP contribution in [0.5, 0.6) is 23.0 Å². The highest BCUT2D eigenvalue weighted by atomic mass is 16.7. The van der Waals surface area contributed by atoms with E-state index in [4.69, 9.17) is 13.9 Å². The first-order valence-corrected chi connectivity index (χ1v) is 9.36. The van der Waals surface area contributed by atoms with Gasteiger partial charge in [0.25, 0.3) is 0 Å². The van der Waals surface area contributed by atoms with E-state index in [0.717, 1.165) is 12.1 Å². The third-order valence-corrected chi connectivity index (χ3v) is 5.09. The van der Waals surface area contributed by atoms with Crippen molar-refractivity contribution < 1.29 is 44.5 Å². The lowest BCUT2D eigenvalue weighted by atomic mass is 10.00. The zero-order valence-electron chi connectivity index (χ0n) is 16.2. The summed E-state index contributed by atoms with van der Waals surface area (Å²) in [5.74, 6) is -1.51. The molecule has 2 heterocycles. The molecule has 1 saturated heterocycles. The summed E-state index contributed by atoms with van der Waals surface area (Å²) in [5, 5.41) is 59.4. The molecule has 1 aromatic heterocycles. The van der Waals surface area contributed by atoms with Gasteiger partial charge in [-0.25, -0.2) is 0 Å². The number of aliphatic hydroxyl groups excluding tert-OH is 3. The standard InChI is InChI=1S/C21H20O10/c1-8-15(25)17(27)18(28)21(29-8)31-20-16(26)14-12(24)6-11(23)7-13(14)30-19(20)9-2-4-10(22)5-3-9/h2-8,15,17-18,21-25,27-28H,1H3/t8-,15-,17+,18+,21+/m0/s1. The molecule has 3 aromatic rings. The van der Waals surface area contributed by atoms with Gasteiger partial charge in [-0.1, -0.05) is 0 Å². The first-order chi connectivity index (χ1) is 14.7. The summed E-state index contributed by atoms with van der Waals surface area (Å²) in [7, 11) is 0. The molecule has 0 spiro atoms. The maximum Gasteiger partial charge on any atom is 0.239 e. The summed E-state index contributed by atoms with van der Waals surface area (Å²) >= 11 is 0. The minimum absolute atomic E-state index is 0.0402. The lowest BCUT2D eigenvalue weighted by Gasteiger charge is -2.38. The Morgan fingerprint density at radius 3 is 2.26 bits per heavy atom. The third-order valence-electron chi connectivity index (χ3n) is 5.09. The van der Waals surface area contributed by atoms with E-state index in [9.17, 15) is 35.4 Å². The number of rotatable bonds is 3. The first-order valence-electron chi connectivity index (χ1n) is 9.36. The molecule has 1 aliphatic heterocycles. The van der Waals surface area contributed by atoms with E-state index in [1.165, 1.54) is 31.2 Å². The Labute approximate surface area is 174 Å². The average Bonchev–Trinajstić information content (AvgIpc) is 2.72. The molecule has 10 heteroatoms. The molecular weight excluding hydrogens is 412 g/mol. The fraction of sp³-hybridized carbons (Fsp3) is 0.286. The van der Waals surface area contributed by atoms with E-state index in [-0.39, 0.29) is 28.2 Å². The number of hydrogen-bond acceptors (Lipinski definition) is 10. The van der Waals surface area contributed by atoms with Crippen molar-refractivity contribution in [3.8, 4) is 34.3 Å². The molecular formula is C21H20O10. The maximum absolute atomic E-state index is 13.2. The number of fused-ring (bicyclic) bond motifs is 1. The zero-order valence-corrected chi connectivity index (χ0v) is 16.2. The van der Waals surface area contributed by atoms with Gasteiger partial charge in [-0.3, -0.25) is 4.79 Å². The van der Waals surface area contributed by atoms with Crippen molar-refractivity contribution in [3.05, 3.63) is 46.6 Å². The molecule has 0 radical (unpaired) electrons. The molecule has 10 nitrogen and oxygen atoms in total. The second-order valence-electron chi connectivity index (χ2n) is 7.27. The van der Waals surface area contributed by atoms with E-state index < -0.39 is 47.6 Å². The summed E-state index contributed by atoms with van der Waals surface area (Å²) in [5.41, 5.74) is -0.661. The van der Waals surface area contributed by atoms with Gasteiger partial charge in [-0.15, -0.1) is 0 Å². The number of ether oxygens (including phenoxy) is 2. The summed E-state index contributed by atoms with van der Waals surface area (Å²) < 4.78 is 16.8. The van der Waals surface area contributed by atoms with Crippen LogP contribution in [0.3, 0.4) is 0 Å². The van der Waals surface area contributed by atoms with Crippen LogP contribution in [0, 0.1) is 0 Å². The number of aromatic hydroxyl groups is 3. The van der Waals surface area contributed by atoms with Crippen molar-refractivity contribution in [1.82, 2.24) is 0 Å². The van der Waals surface area contributed by atoms with E-state index in [1.807, 2.05) is 0 Å². The van der Waals surface area contributed by atoms with Crippen molar-refractivity contribution in [2.24, 2.45) is 0 Å². The molecule has 5 atom stereocenters. The molecule has 1 aliphatic rings. The van der Waals surface area contributed by atoms with Gasteiger partial charge in [0.1, 0.15) is 46.5 Å². The van der Waals surface area contributed by atoms with Gasteiger partial charge < -0.3 is 44.5 Å². The van der Waals surface area contributed by atoms with Gasteiger partial charge in [-0.05, 0) is 31.2 Å². The summed E-state index contributed by atoms with van der Waals surface area (Å²) in [4.78, 5) is 13.2. The van der Waals surface area contributed by atoms with Crippen molar-refractivity contribution in [2.75, 3.05) is 0 Å². The van der Waals surface area contributed by atoms with Gasteiger partial charge in [0.15, 0.2) is 5.76 Å². The Morgan fingerprint density at radius 1 is 0.903 bits per heavy atom. The molecule has 4 rings (SSSR count). The lowest BCUT2D eigenvalue weighted by Crippen LogP contribution is -2.58. The van der Waals surface area contributed by atoms with Crippen molar-refractivity contribution >= 4 is 11.0 Å². The highest BCUT2D eigenvalue weighted by Gasteiger charge is 2.44. The highest BCUT2D eigenvalue weighted by Crippen LogP contribution is 2.37. The second kappa shape index (κ2) is 7.75. The Hall–Kier alpha value is -3.31. The largest absolute Gasteiger partial charge is 0.508 e. The Bertz CT molecular complexity index is 1170. The monoisotopic (exact) mass is 432 g/mol. The highest BCUT2D eigenvalue weighted by molar-refractivity contribution is 5.88. The molecule has 2 aromatic carbocycles. The molecule has 0 amide bonds. The molecule has 0 aliphatic carbocycles. The van der Waals surface area contributed by atoms with Crippen molar-refractivity contribution in [2.45, 2.75) is 37.6 Å². The molecule has 164 valence electrons. The fourth-order valence-corrected chi connectivity index (χ4v) is 3.41. The minimum Gasteiger partial charge on any atom is -0.508 e. The predicted octanol–water partition coefficient (Wildman–Crippen LogP) is 0.783. The van der Waals surface area contributed by atoms with Gasteiger partial charge >= 0.3 is 0 Å². The van der Waals surface area contributed by atoms with Gasteiger partial charge in [0.2, 0.25) is 17.5 Å². The molecule has 6 N–H and O–H groups in total. The van der Waals surface area contributed by atoms with Gasteiger partial charge in [0, 0.05) is 17.7 Å². The molecule has 1 fully saturated rings. The Kier molecular flexibility index (Phi) is 5.23. The summed E-state index contributed by atoms with van der Waals surface area (Å²) in [6, 6.07) is 7.66. The molecule has 0 unspecified atom stereocenters. The van der Waals surface area contributed by atoms with Crippen LogP contribution in [0.4, 0.5) is 0 Å². The van der Waals surface area contributed by atoms with Crippen LogP contribution in [0.25, 0.3) is 22.3 Å². The van der Waals surface area contributed by atoms with Crippen LogP contribution >= 0.6 is 0 Å². The van der Waals surface area contributed by atoms with E-state index in [1.54, 1.807) is 0 Å². The number of aliphatic hydroxyl groups is 3. The second-order valence-corrected chi connectivity index (χ2v) is 7.27. The third kappa shape index (κ3) is 3.66. The smallest absolute Gasteiger partial charge is 0.239 e. The number of benzene rings is 2. The van der Waals surface area contributed by atoms with Crippen LogP contribution < -0.4 is 10.2 Å². The molecule has 0 saturated carbocycles. The summed E-state index contributed by atoms with van der Waals surface area (Å²) in [6.45, 7) is 1.45. The molecule has 0 bridgehead atoms. The number of hydrogen-bond donors (Lipinski definition) is 6. The normalized spacial score (nSPS) is 26.1. The van der Waals surface area contributed by atoms with Crippen molar-refractivity contribution in [3.63, 3.8) is 0 Å². The first kappa shape index (κ1) is 20.9. The fourth-order valence-electron chi connectivity index (χ4n) is 3.41. The van der Waals surface area contributed by atoms with Crippen molar-refractivity contribution in [1.29, 1.82) is 0 Å². The quantitative estimate of drug-likeness (QED) is 0.348. The SMILES string of the molecule is C[C@@H]1O[C@H](Oc2c(-c3ccc(O)cc3)oc3cc(O)cc(O)c3c2=O)[C@H](O)[C@H](O)[C@H]1O. The zero-order chi connectivity index (χ0) is 22.4. The molecule has 31 heavy (non-hydrogen) atoms. The minimum atomic E-state index is -1.69. The Balaban J connectivity index is 1.90. The van der Waals surface area contributed by atoms with E-state index >= 15 is 0 Å². The summed E-state index contributed by atoms with van der Waals surface area (Å²) in [6.07, 6.45) is -7.11.